The molecule has 0 spiro atoms. The van der Waals surface area contributed by atoms with Gasteiger partial charge in [0.1, 0.15) is 6.04 Å². The topological polar surface area (TPSA) is 95.9 Å². The zero-order valence-electron chi connectivity index (χ0n) is 19.5. The van der Waals surface area contributed by atoms with Crippen molar-refractivity contribution in [1.82, 2.24) is 4.90 Å². The lowest BCUT2D eigenvalue weighted by Crippen LogP contribution is -2.51. The predicted molar refractivity (Wildman–Crippen MR) is 126 cm³/mol. The van der Waals surface area contributed by atoms with E-state index in [1.165, 1.54) is 4.90 Å². The molecule has 2 amide bonds. The number of rotatable bonds is 8. The van der Waals surface area contributed by atoms with Crippen LogP contribution in [0.15, 0.2) is 36.4 Å². The molecule has 1 aliphatic carbocycles. The number of anilines is 1. The number of amides is 2. The minimum Gasteiger partial charge on any atom is -0.466 e. The molecule has 8 heteroatoms. The van der Waals surface area contributed by atoms with Crippen LogP contribution < -0.4 is 5.32 Å². The van der Waals surface area contributed by atoms with E-state index in [0.717, 1.165) is 0 Å². The number of ether oxygens (including phenoxy) is 1. The number of aliphatic hydroxyl groups is 1. The van der Waals surface area contributed by atoms with Crippen molar-refractivity contribution in [3.05, 3.63) is 41.4 Å². The van der Waals surface area contributed by atoms with Crippen LogP contribution in [0.1, 0.15) is 34.1 Å². The molecule has 3 rings (SSSR count). The second kappa shape index (κ2) is 10.7. The van der Waals surface area contributed by atoms with Gasteiger partial charge in [-0.1, -0.05) is 56.7 Å². The molecule has 1 aliphatic heterocycles. The van der Waals surface area contributed by atoms with Gasteiger partial charge in [-0.25, -0.2) is 0 Å². The summed E-state index contributed by atoms with van der Waals surface area (Å²) in [5, 5.41) is 13.4. The Morgan fingerprint density at radius 2 is 1.94 bits per heavy atom. The second-order valence-corrected chi connectivity index (χ2v) is 9.66. The van der Waals surface area contributed by atoms with E-state index in [1.54, 1.807) is 31.2 Å². The molecule has 2 aliphatic rings. The maximum atomic E-state index is 13.8. The van der Waals surface area contributed by atoms with Gasteiger partial charge in [0.05, 0.1) is 41.8 Å². The number of benzene rings is 1. The van der Waals surface area contributed by atoms with Gasteiger partial charge in [-0.15, -0.1) is 0 Å². The average molecular weight is 477 g/mol. The van der Waals surface area contributed by atoms with Gasteiger partial charge >= 0.3 is 5.97 Å². The summed E-state index contributed by atoms with van der Waals surface area (Å²) in [6.45, 7) is 7.54. The molecule has 1 aromatic carbocycles. The normalized spacial score (nSPS) is 27.4. The first kappa shape index (κ1) is 25.2. The van der Waals surface area contributed by atoms with Gasteiger partial charge in [-0.05, 0) is 37.3 Å². The molecule has 180 valence electrons. The summed E-state index contributed by atoms with van der Waals surface area (Å²) < 4.78 is 5.29. The zero-order chi connectivity index (χ0) is 24.3. The van der Waals surface area contributed by atoms with Crippen molar-refractivity contribution in [2.24, 2.45) is 29.6 Å². The molecule has 0 unspecified atom stereocenters. The van der Waals surface area contributed by atoms with E-state index >= 15 is 0 Å². The van der Waals surface area contributed by atoms with Gasteiger partial charge in [0.25, 0.3) is 0 Å². The second-order valence-electron chi connectivity index (χ2n) is 9.25. The van der Waals surface area contributed by atoms with Crippen LogP contribution in [0.25, 0.3) is 0 Å². The Bertz CT molecular complexity index is 918. The van der Waals surface area contributed by atoms with E-state index in [9.17, 15) is 19.5 Å². The number of esters is 1. The van der Waals surface area contributed by atoms with Gasteiger partial charge in [-0.3, -0.25) is 14.4 Å². The number of fused-ring (bicyclic) bond motifs is 1. The average Bonchev–Trinajstić information content (AvgIpc) is 3.06. The first-order valence-electron chi connectivity index (χ1n) is 11.5. The molecule has 33 heavy (non-hydrogen) atoms. The van der Waals surface area contributed by atoms with E-state index in [4.69, 9.17) is 16.3 Å². The minimum absolute atomic E-state index is 0.195. The minimum atomic E-state index is -0.879. The van der Waals surface area contributed by atoms with Gasteiger partial charge in [0, 0.05) is 5.92 Å². The van der Waals surface area contributed by atoms with Crippen molar-refractivity contribution in [1.29, 1.82) is 0 Å². The maximum Gasteiger partial charge on any atom is 0.310 e. The van der Waals surface area contributed by atoms with Crippen LogP contribution in [-0.4, -0.2) is 53.1 Å². The standard InChI is InChI=1S/C25H33ClN2O5/c1-5-33-25(32)20-15(4)10-11-17-21(20)24(31)28(16(13-29)12-14(2)3)22(17)23(30)27-19-9-7-6-8-18(19)26/h6-11,14-17,20-22,29H,5,12-13H2,1-4H3,(H,27,30)/t15-,16-,17+,20-,21+,22+/m1/s1. The Labute approximate surface area is 200 Å². The zero-order valence-corrected chi connectivity index (χ0v) is 20.3. The van der Waals surface area contributed by atoms with Crippen molar-refractivity contribution in [2.75, 3.05) is 18.5 Å². The van der Waals surface area contributed by atoms with Gasteiger partial charge in [-0.2, -0.15) is 0 Å². The summed E-state index contributed by atoms with van der Waals surface area (Å²) in [5.74, 6) is -3.08. The smallest absolute Gasteiger partial charge is 0.310 e. The highest BCUT2D eigenvalue weighted by Gasteiger charge is 2.58. The number of hydrogen-bond donors (Lipinski definition) is 2. The molecule has 1 heterocycles. The molecular formula is C25H33ClN2O5. The van der Waals surface area contributed by atoms with Crippen molar-refractivity contribution in [2.45, 2.75) is 46.2 Å². The molecule has 1 fully saturated rings. The Morgan fingerprint density at radius 1 is 1.24 bits per heavy atom. The lowest BCUT2D eigenvalue weighted by molar-refractivity contribution is -0.156. The van der Waals surface area contributed by atoms with Crippen molar-refractivity contribution in [3.8, 4) is 0 Å². The van der Waals surface area contributed by atoms with Crippen LogP contribution in [0.2, 0.25) is 5.02 Å². The fraction of sp³-hybridized carbons (Fsp3) is 0.560. The van der Waals surface area contributed by atoms with Crippen LogP contribution in [0.4, 0.5) is 5.69 Å². The Morgan fingerprint density at radius 3 is 2.55 bits per heavy atom. The monoisotopic (exact) mass is 476 g/mol. The Kier molecular flexibility index (Phi) is 8.19. The highest BCUT2D eigenvalue weighted by molar-refractivity contribution is 6.33. The largest absolute Gasteiger partial charge is 0.466 e. The third-order valence-electron chi connectivity index (χ3n) is 6.52. The SMILES string of the molecule is CCOC(=O)[C@H]1[C@H]2C(=O)N([C@@H](CO)CC(C)C)[C@H](C(=O)Nc3ccccc3Cl)[C@H]2C=C[C@H]1C. The van der Waals surface area contributed by atoms with Crippen LogP contribution >= 0.6 is 11.6 Å². The van der Waals surface area contributed by atoms with Crippen LogP contribution in [0.3, 0.4) is 0 Å². The van der Waals surface area contributed by atoms with E-state index < -0.39 is 41.7 Å². The summed E-state index contributed by atoms with van der Waals surface area (Å²) in [6, 6.07) is 5.46. The number of hydrogen-bond acceptors (Lipinski definition) is 5. The predicted octanol–water partition coefficient (Wildman–Crippen LogP) is 3.51. The van der Waals surface area contributed by atoms with E-state index in [1.807, 2.05) is 32.9 Å². The molecule has 0 bridgehead atoms. The lowest BCUT2D eigenvalue weighted by atomic mass is 9.70. The van der Waals surface area contributed by atoms with Crippen molar-refractivity contribution in [3.63, 3.8) is 0 Å². The Hall–Kier alpha value is -2.38. The number of carbonyl (C=O) groups excluding carboxylic acids is 3. The highest BCUT2D eigenvalue weighted by Crippen LogP contribution is 2.45. The molecule has 1 aromatic rings. The summed E-state index contributed by atoms with van der Waals surface area (Å²) in [7, 11) is 0. The summed E-state index contributed by atoms with van der Waals surface area (Å²) in [6.07, 6.45) is 4.27. The number of allylic oxidation sites excluding steroid dienone is 1. The van der Waals surface area contributed by atoms with Gasteiger partial charge < -0.3 is 20.1 Å². The van der Waals surface area contributed by atoms with Crippen LogP contribution in [0, 0.1) is 29.6 Å². The number of nitrogens with zero attached hydrogens (tertiary/aromatic N) is 1. The van der Waals surface area contributed by atoms with E-state index in [0.29, 0.717) is 17.1 Å². The number of likely N-dealkylation sites (tertiary alicyclic amines) is 1. The van der Waals surface area contributed by atoms with Crippen LogP contribution in [-0.2, 0) is 19.1 Å². The Balaban J connectivity index is 2.03. The van der Waals surface area contributed by atoms with Gasteiger partial charge in [0.2, 0.25) is 11.8 Å². The quantitative estimate of drug-likeness (QED) is 0.442. The molecular weight excluding hydrogens is 444 g/mol. The van der Waals surface area contributed by atoms with Gasteiger partial charge in [0.15, 0.2) is 0 Å². The van der Waals surface area contributed by atoms with E-state index in [-0.39, 0.29) is 31.0 Å². The first-order chi connectivity index (χ1) is 15.7. The third-order valence-corrected chi connectivity index (χ3v) is 6.85. The molecule has 6 atom stereocenters. The fourth-order valence-corrected chi connectivity index (χ4v) is 5.30. The van der Waals surface area contributed by atoms with Crippen LogP contribution in [0.5, 0.6) is 0 Å². The number of nitrogens with one attached hydrogen (secondary N) is 1. The molecule has 1 saturated heterocycles. The molecule has 0 radical (unpaired) electrons. The maximum absolute atomic E-state index is 13.8. The summed E-state index contributed by atoms with van der Waals surface area (Å²) in [4.78, 5) is 41.7. The van der Waals surface area contributed by atoms with Crippen molar-refractivity contribution >= 4 is 35.1 Å². The molecule has 0 saturated carbocycles. The number of para-hydroxylation sites is 1. The number of aliphatic hydroxyl groups excluding tert-OH is 1. The fourth-order valence-electron chi connectivity index (χ4n) is 5.12. The lowest BCUT2D eigenvalue weighted by Gasteiger charge is -2.34. The van der Waals surface area contributed by atoms with Crippen molar-refractivity contribution < 1.29 is 24.2 Å². The third kappa shape index (κ3) is 5.09. The molecule has 2 N–H and O–H groups in total. The first-order valence-corrected chi connectivity index (χ1v) is 11.9. The highest BCUT2D eigenvalue weighted by atomic mass is 35.5. The number of carbonyl (C=O) groups is 3. The number of halogens is 1. The molecule has 0 aromatic heterocycles. The molecule has 7 nitrogen and oxygen atoms in total. The summed E-state index contributed by atoms with van der Waals surface area (Å²) >= 11 is 6.24. The summed E-state index contributed by atoms with van der Waals surface area (Å²) in [5.41, 5.74) is 0.444. The van der Waals surface area contributed by atoms with E-state index in [2.05, 4.69) is 5.32 Å².